The van der Waals surface area contributed by atoms with Gasteiger partial charge in [0.15, 0.2) is 0 Å². The van der Waals surface area contributed by atoms with Crippen LogP contribution in [0.2, 0.25) is 10.0 Å². The van der Waals surface area contributed by atoms with Crippen LogP contribution in [-0.4, -0.2) is 23.9 Å². The van der Waals surface area contributed by atoms with Gasteiger partial charge in [-0.1, -0.05) is 55.1 Å². The molecule has 0 saturated heterocycles. The Morgan fingerprint density at radius 2 is 2.11 bits per heavy atom. The summed E-state index contributed by atoms with van der Waals surface area (Å²) in [6.45, 7) is 2.49. The van der Waals surface area contributed by atoms with Crippen LogP contribution in [0.15, 0.2) is 18.2 Å². The highest BCUT2D eigenvalue weighted by Crippen LogP contribution is 2.26. The van der Waals surface area contributed by atoms with Crippen molar-refractivity contribution in [2.75, 3.05) is 7.05 Å². The van der Waals surface area contributed by atoms with Crippen LogP contribution in [-0.2, 0) is 11.3 Å². The van der Waals surface area contributed by atoms with E-state index in [-0.39, 0.29) is 5.91 Å². The van der Waals surface area contributed by atoms with Gasteiger partial charge in [-0.25, -0.2) is 0 Å². The molecular formula is C14H20Cl2N2O. The molecule has 1 atom stereocenters. The predicted molar refractivity (Wildman–Crippen MR) is 80.4 cm³/mol. The van der Waals surface area contributed by atoms with E-state index in [1.165, 1.54) is 0 Å². The number of unbranched alkanes of at least 4 members (excludes halogenated alkanes) is 1. The molecule has 0 aliphatic carbocycles. The smallest absolute Gasteiger partial charge is 0.239 e. The van der Waals surface area contributed by atoms with Crippen molar-refractivity contribution in [3.05, 3.63) is 33.8 Å². The zero-order valence-corrected chi connectivity index (χ0v) is 12.8. The van der Waals surface area contributed by atoms with Crippen molar-refractivity contribution in [2.24, 2.45) is 5.73 Å². The van der Waals surface area contributed by atoms with Gasteiger partial charge in [-0.15, -0.1) is 0 Å². The highest BCUT2D eigenvalue weighted by atomic mass is 35.5. The maximum absolute atomic E-state index is 12.1. The minimum absolute atomic E-state index is 0.0653. The Labute approximate surface area is 124 Å². The van der Waals surface area contributed by atoms with Gasteiger partial charge in [0, 0.05) is 13.6 Å². The third kappa shape index (κ3) is 4.68. The number of likely N-dealkylation sites (N-methyl/N-ethyl adjacent to an activating group) is 1. The van der Waals surface area contributed by atoms with E-state index in [1.54, 1.807) is 18.0 Å². The molecule has 0 radical (unpaired) electrons. The second-order valence-corrected chi connectivity index (χ2v) is 5.44. The normalized spacial score (nSPS) is 12.3. The molecule has 0 fully saturated rings. The molecule has 0 aromatic heterocycles. The third-order valence-corrected chi connectivity index (χ3v) is 3.86. The summed E-state index contributed by atoms with van der Waals surface area (Å²) in [5.74, 6) is -0.0653. The van der Waals surface area contributed by atoms with E-state index in [0.717, 1.165) is 18.4 Å². The van der Waals surface area contributed by atoms with Crippen molar-refractivity contribution in [3.63, 3.8) is 0 Å². The van der Waals surface area contributed by atoms with Crippen molar-refractivity contribution in [1.29, 1.82) is 0 Å². The van der Waals surface area contributed by atoms with Crippen molar-refractivity contribution < 1.29 is 4.79 Å². The van der Waals surface area contributed by atoms with Gasteiger partial charge < -0.3 is 10.6 Å². The zero-order valence-electron chi connectivity index (χ0n) is 11.3. The largest absolute Gasteiger partial charge is 0.340 e. The summed E-state index contributed by atoms with van der Waals surface area (Å²) in [7, 11) is 1.73. The number of carbonyl (C=O) groups excluding carboxylic acids is 1. The van der Waals surface area contributed by atoms with Crippen LogP contribution in [0.25, 0.3) is 0 Å². The molecule has 19 heavy (non-hydrogen) atoms. The van der Waals surface area contributed by atoms with E-state index in [0.29, 0.717) is 23.0 Å². The van der Waals surface area contributed by atoms with E-state index < -0.39 is 6.04 Å². The highest BCUT2D eigenvalue weighted by molar-refractivity contribution is 6.42. The molecule has 0 bridgehead atoms. The summed E-state index contributed by atoms with van der Waals surface area (Å²) >= 11 is 12.1. The maximum atomic E-state index is 12.1. The summed E-state index contributed by atoms with van der Waals surface area (Å²) in [6, 6.07) is 4.96. The summed E-state index contributed by atoms with van der Waals surface area (Å²) in [4.78, 5) is 13.7. The van der Waals surface area contributed by atoms with Crippen molar-refractivity contribution >= 4 is 29.1 Å². The van der Waals surface area contributed by atoms with Gasteiger partial charge in [-0.2, -0.15) is 0 Å². The van der Waals surface area contributed by atoms with Crippen LogP contribution >= 0.6 is 23.2 Å². The fourth-order valence-electron chi connectivity index (χ4n) is 1.83. The molecule has 0 heterocycles. The van der Waals surface area contributed by atoms with Gasteiger partial charge in [0.05, 0.1) is 16.1 Å². The number of hydrogen-bond donors (Lipinski definition) is 1. The zero-order chi connectivity index (χ0) is 14.4. The number of rotatable bonds is 6. The Hall–Kier alpha value is -0.770. The lowest BCUT2D eigenvalue weighted by molar-refractivity contribution is -0.132. The Morgan fingerprint density at radius 3 is 2.74 bits per heavy atom. The molecule has 1 aromatic carbocycles. The molecule has 0 aliphatic rings. The van der Waals surface area contributed by atoms with Crippen molar-refractivity contribution in [1.82, 2.24) is 4.90 Å². The number of nitrogens with two attached hydrogens (primary N) is 1. The van der Waals surface area contributed by atoms with Crippen LogP contribution in [0.5, 0.6) is 0 Å². The van der Waals surface area contributed by atoms with Crippen LogP contribution in [0.1, 0.15) is 31.7 Å². The average Bonchev–Trinajstić information content (AvgIpc) is 2.40. The quantitative estimate of drug-likeness (QED) is 0.874. The molecule has 1 amide bonds. The maximum Gasteiger partial charge on any atom is 0.239 e. The molecule has 0 aliphatic heterocycles. The number of hydrogen-bond acceptors (Lipinski definition) is 2. The number of benzene rings is 1. The van der Waals surface area contributed by atoms with Crippen LogP contribution in [0.3, 0.4) is 0 Å². The predicted octanol–water partition coefficient (Wildman–Crippen LogP) is 3.47. The second kappa shape index (κ2) is 7.73. The highest BCUT2D eigenvalue weighted by Gasteiger charge is 2.18. The minimum atomic E-state index is -0.442. The van der Waals surface area contributed by atoms with Crippen molar-refractivity contribution in [2.45, 2.75) is 38.8 Å². The lowest BCUT2D eigenvalue weighted by atomic mass is 10.1. The Balaban J connectivity index is 2.66. The van der Waals surface area contributed by atoms with E-state index >= 15 is 0 Å². The fourth-order valence-corrected chi connectivity index (χ4v) is 2.21. The van der Waals surface area contributed by atoms with Gasteiger partial charge >= 0.3 is 0 Å². The Morgan fingerprint density at radius 1 is 1.42 bits per heavy atom. The topological polar surface area (TPSA) is 46.3 Å². The molecule has 2 N–H and O–H groups in total. The van der Waals surface area contributed by atoms with Gasteiger partial charge in [-0.3, -0.25) is 4.79 Å². The number of amides is 1. The number of carbonyl (C=O) groups is 1. The first kappa shape index (κ1) is 16.3. The minimum Gasteiger partial charge on any atom is -0.340 e. The van der Waals surface area contributed by atoms with E-state index in [9.17, 15) is 4.79 Å². The van der Waals surface area contributed by atoms with Gasteiger partial charge in [0.1, 0.15) is 0 Å². The lowest BCUT2D eigenvalue weighted by Crippen LogP contribution is -2.41. The Kier molecular flexibility index (Phi) is 6.63. The molecular weight excluding hydrogens is 283 g/mol. The van der Waals surface area contributed by atoms with E-state index in [2.05, 4.69) is 6.92 Å². The summed E-state index contributed by atoms with van der Waals surface area (Å²) in [6.07, 6.45) is 2.70. The van der Waals surface area contributed by atoms with Gasteiger partial charge in [-0.05, 0) is 18.1 Å². The average molecular weight is 303 g/mol. The number of halogens is 2. The summed E-state index contributed by atoms with van der Waals surface area (Å²) < 4.78 is 0. The van der Waals surface area contributed by atoms with E-state index in [1.807, 2.05) is 12.1 Å². The molecule has 0 saturated carbocycles. The first-order chi connectivity index (χ1) is 8.97. The van der Waals surface area contributed by atoms with E-state index in [4.69, 9.17) is 28.9 Å². The van der Waals surface area contributed by atoms with Crippen LogP contribution in [0, 0.1) is 0 Å². The monoisotopic (exact) mass is 302 g/mol. The summed E-state index contributed by atoms with van der Waals surface area (Å²) in [5.41, 5.74) is 6.70. The molecule has 1 aromatic rings. The molecule has 5 heteroatoms. The standard InChI is InChI=1S/C14H20Cl2N2O/c1-3-4-8-12(17)14(19)18(2)9-10-6-5-7-11(15)13(10)16/h5-7,12H,3-4,8-9,17H2,1-2H3/t12-/m0/s1. The van der Waals surface area contributed by atoms with Gasteiger partial charge in [0.25, 0.3) is 0 Å². The molecule has 1 rings (SSSR count). The fraction of sp³-hybridized carbons (Fsp3) is 0.500. The molecule has 3 nitrogen and oxygen atoms in total. The Bertz CT molecular complexity index is 437. The first-order valence-electron chi connectivity index (χ1n) is 6.40. The first-order valence-corrected chi connectivity index (χ1v) is 7.16. The van der Waals surface area contributed by atoms with Gasteiger partial charge in [0.2, 0.25) is 5.91 Å². The SMILES string of the molecule is CCCC[C@H](N)C(=O)N(C)Cc1cccc(Cl)c1Cl. The van der Waals surface area contributed by atoms with Crippen molar-refractivity contribution in [3.8, 4) is 0 Å². The molecule has 106 valence electrons. The molecule has 0 unspecified atom stereocenters. The second-order valence-electron chi connectivity index (χ2n) is 4.66. The van der Waals surface area contributed by atoms with Crippen LogP contribution in [0.4, 0.5) is 0 Å². The number of nitrogens with zero attached hydrogens (tertiary/aromatic N) is 1. The van der Waals surface area contributed by atoms with Crippen LogP contribution < -0.4 is 5.73 Å². The third-order valence-electron chi connectivity index (χ3n) is 3.00. The lowest BCUT2D eigenvalue weighted by Gasteiger charge is -2.22. The molecule has 0 spiro atoms. The summed E-state index contributed by atoms with van der Waals surface area (Å²) in [5, 5.41) is 0.987.